The summed E-state index contributed by atoms with van der Waals surface area (Å²) in [5.41, 5.74) is 3.44. The molecule has 2 aromatic heterocycles. The molecule has 0 bridgehead atoms. The zero-order chi connectivity index (χ0) is 19.1. The number of aromatic nitrogens is 4. The molecule has 0 atom stereocenters. The smallest absolute Gasteiger partial charge is 0.276 e. The van der Waals surface area contributed by atoms with Crippen molar-refractivity contribution in [3.05, 3.63) is 47.9 Å². The van der Waals surface area contributed by atoms with Gasteiger partial charge < -0.3 is 10.2 Å². The first kappa shape index (κ1) is 22.5. The van der Waals surface area contributed by atoms with Gasteiger partial charge in [-0.3, -0.25) is 9.78 Å². The van der Waals surface area contributed by atoms with Crippen LogP contribution in [0.3, 0.4) is 0 Å². The second kappa shape index (κ2) is 8.88. The molecule has 2 fully saturated rings. The zero-order valence-electron chi connectivity index (χ0n) is 16.9. The first-order chi connectivity index (χ1) is 13.7. The summed E-state index contributed by atoms with van der Waals surface area (Å²) in [5, 5.41) is 13.0. The van der Waals surface area contributed by atoms with E-state index in [-0.39, 0.29) is 30.7 Å². The lowest BCUT2D eigenvalue weighted by atomic mass is 9.78. The van der Waals surface area contributed by atoms with E-state index in [9.17, 15) is 4.79 Å². The number of hydrogen-bond donors (Lipinski definition) is 1. The predicted octanol–water partition coefficient (Wildman–Crippen LogP) is 3.18. The summed E-state index contributed by atoms with van der Waals surface area (Å²) >= 11 is 0. The van der Waals surface area contributed by atoms with E-state index in [0.29, 0.717) is 11.1 Å². The first-order valence-corrected chi connectivity index (χ1v) is 9.93. The van der Waals surface area contributed by atoms with Gasteiger partial charge in [0.25, 0.3) is 5.91 Å². The number of fused-ring (bicyclic) bond motifs is 1. The minimum Gasteiger partial charge on any atom is -0.337 e. The average molecular weight is 449 g/mol. The lowest BCUT2D eigenvalue weighted by Gasteiger charge is -2.38. The number of hydrogen-bond acceptors (Lipinski definition) is 5. The van der Waals surface area contributed by atoms with E-state index < -0.39 is 0 Å². The number of piperidine rings is 1. The van der Waals surface area contributed by atoms with Crippen molar-refractivity contribution in [2.75, 3.05) is 26.2 Å². The fraction of sp³-hybridized carbons (Fsp3) is 0.429. The highest BCUT2D eigenvalue weighted by molar-refractivity contribution is 5.93. The standard InChI is InChI=1S/C21H24N6O.2ClH/c1-15-19(20(28)26-11-7-21(8-12-26)6-10-22-14-21)24-25-27(15)17-4-5-18-16(13-17)3-2-9-23-18;;/h2-5,9,13,22H,6-8,10-12,14H2,1H3;2*1H. The summed E-state index contributed by atoms with van der Waals surface area (Å²) in [6.45, 7) is 5.69. The van der Waals surface area contributed by atoms with E-state index in [1.807, 2.05) is 42.2 Å². The Labute approximate surface area is 188 Å². The molecular formula is C21H26Cl2N6O. The second-order valence-electron chi connectivity index (χ2n) is 8.03. The number of halogens is 2. The topological polar surface area (TPSA) is 75.9 Å². The normalized spacial score (nSPS) is 17.6. The summed E-state index contributed by atoms with van der Waals surface area (Å²) in [6.07, 6.45) is 5.14. The van der Waals surface area contributed by atoms with E-state index in [1.165, 1.54) is 6.42 Å². The number of benzene rings is 1. The van der Waals surface area contributed by atoms with Crippen molar-refractivity contribution in [3.8, 4) is 5.69 Å². The summed E-state index contributed by atoms with van der Waals surface area (Å²) in [5.74, 6) is -0.00740. The van der Waals surface area contributed by atoms with Crippen LogP contribution in [0.15, 0.2) is 36.5 Å². The molecule has 0 radical (unpaired) electrons. The van der Waals surface area contributed by atoms with E-state index in [4.69, 9.17) is 0 Å². The van der Waals surface area contributed by atoms with Gasteiger partial charge in [0, 0.05) is 31.2 Å². The van der Waals surface area contributed by atoms with Gasteiger partial charge in [-0.2, -0.15) is 0 Å². The Balaban J connectivity index is 0.00000128. The van der Waals surface area contributed by atoms with Gasteiger partial charge in [-0.05, 0) is 62.4 Å². The number of rotatable bonds is 2. The summed E-state index contributed by atoms with van der Waals surface area (Å²) in [4.78, 5) is 19.4. The molecule has 1 spiro atoms. The number of likely N-dealkylation sites (tertiary alicyclic amines) is 1. The Bertz CT molecular complexity index is 1040. The lowest BCUT2D eigenvalue weighted by molar-refractivity contribution is 0.0601. The van der Waals surface area contributed by atoms with Crippen LogP contribution in [0.25, 0.3) is 16.6 Å². The highest BCUT2D eigenvalue weighted by Crippen LogP contribution is 2.37. The SMILES string of the molecule is Cc1c(C(=O)N2CCC3(CCNC3)CC2)nnn1-c1ccc2ncccc2c1.Cl.Cl. The maximum Gasteiger partial charge on any atom is 0.276 e. The predicted molar refractivity (Wildman–Crippen MR) is 121 cm³/mol. The molecule has 30 heavy (non-hydrogen) atoms. The van der Waals surface area contributed by atoms with Gasteiger partial charge in [0.1, 0.15) is 0 Å². The Kier molecular flexibility index (Phi) is 6.65. The van der Waals surface area contributed by atoms with Crippen molar-refractivity contribution in [2.45, 2.75) is 26.2 Å². The second-order valence-corrected chi connectivity index (χ2v) is 8.03. The van der Waals surface area contributed by atoms with Gasteiger partial charge in [0.15, 0.2) is 5.69 Å². The third kappa shape index (κ3) is 3.89. The highest BCUT2D eigenvalue weighted by Gasteiger charge is 2.38. The Morgan fingerprint density at radius 1 is 1.13 bits per heavy atom. The minimum absolute atomic E-state index is 0. The number of nitrogens with zero attached hydrogens (tertiary/aromatic N) is 5. The molecule has 2 saturated heterocycles. The van der Waals surface area contributed by atoms with Crippen molar-refractivity contribution in [1.29, 1.82) is 0 Å². The fourth-order valence-electron chi connectivity index (χ4n) is 4.52. The molecule has 0 unspecified atom stereocenters. The van der Waals surface area contributed by atoms with Crippen LogP contribution in [-0.4, -0.2) is 57.0 Å². The molecule has 1 aromatic carbocycles. The molecule has 2 aliphatic rings. The molecule has 1 N–H and O–H groups in total. The molecule has 5 rings (SSSR count). The van der Waals surface area contributed by atoms with Gasteiger partial charge in [-0.1, -0.05) is 11.3 Å². The van der Waals surface area contributed by atoms with Crippen LogP contribution in [0, 0.1) is 12.3 Å². The summed E-state index contributed by atoms with van der Waals surface area (Å²) in [7, 11) is 0. The molecule has 1 amide bonds. The highest BCUT2D eigenvalue weighted by atomic mass is 35.5. The molecule has 0 aliphatic carbocycles. The molecule has 0 saturated carbocycles. The van der Waals surface area contributed by atoms with Crippen LogP contribution >= 0.6 is 24.8 Å². The Morgan fingerprint density at radius 3 is 2.67 bits per heavy atom. The maximum atomic E-state index is 13.1. The van der Waals surface area contributed by atoms with Crippen LogP contribution in [0.1, 0.15) is 35.4 Å². The number of carbonyl (C=O) groups is 1. The maximum absolute atomic E-state index is 13.1. The van der Waals surface area contributed by atoms with Crippen molar-refractivity contribution < 1.29 is 4.79 Å². The molecule has 9 heteroatoms. The van der Waals surface area contributed by atoms with Gasteiger partial charge >= 0.3 is 0 Å². The van der Waals surface area contributed by atoms with Gasteiger partial charge in [0.2, 0.25) is 0 Å². The molecule has 3 aromatic rings. The molecule has 2 aliphatic heterocycles. The molecule has 4 heterocycles. The third-order valence-electron chi connectivity index (χ3n) is 6.37. The van der Waals surface area contributed by atoms with Crippen LogP contribution in [-0.2, 0) is 0 Å². The van der Waals surface area contributed by atoms with Crippen LogP contribution in [0.2, 0.25) is 0 Å². The van der Waals surface area contributed by atoms with Crippen molar-refractivity contribution in [1.82, 2.24) is 30.2 Å². The number of carbonyl (C=O) groups excluding carboxylic acids is 1. The Morgan fingerprint density at radius 2 is 1.93 bits per heavy atom. The van der Waals surface area contributed by atoms with Crippen molar-refractivity contribution >= 4 is 41.6 Å². The number of amides is 1. The molecular weight excluding hydrogens is 423 g/mol. The quantitative estimate of drug-likeness (QED) is 0.651. The minimum atomic E-state index is -0.00740. The first-order valence-electron chi connectivity index (χ1n) is 9.93. The van der Waals surface area contributed by atoms with Gasteiger partial charge in [0.05, 0.1) is 16.9 Å². The van der Waals surface area contributed by atoms with Crippen molar-refractivity contribution in [2.24, 2.45) is 5.41 Å². The van der Waals surface area contributed by atoms with Gasteiger partial charge in [-0.15, -0.1) is 29.9 Å². The monoisotopic (exact) mass is 448 g/mol. The fourth-order valence-corrected chi connectivity index (χ4v) is 4.52. The summed E-state index contributed by atoms with van der Waals surface area (Å²) in [6, 6.07) is 9.88. The van der Waals surface area contributed by atoms with E-state index >= 15 is 0 Å². The zero-order valence-corrected chi connectivity index (χ0v) is 18.5. The van der Waals surface area contributed by atoms with Crippen molar-refractivity contribution in [3.63, 3.8) is 0 Å². The van der Waals surface area contributed by atoms with E-state index in [1.54, 1.807) is 10.9 Å². The Hall–Kier alpha value is -2.22. The average Bonchev–Trinajstić information content (AvgIpc) is 3.34. The molecule has 160 valence electrons. The third-order valence-corrected chi connectivity index (χ3v) is 6.37. The lowest BCUT2D eigenvalue weighted by Crippen LogP contribution is -2.44. The number of nitrogens with one attached hydrogen (secondary N) is 1. The van der Waals surface area contributed by atoms with Crippen LogP contribution in [0.4, 0.5) is 0 Å². The van der Waals surface area contributed by atoms with E-state index in [0.717, 1.165) is 61.3 Å². The summed E-state index contributed by atoms with van der Waals surface area (Å²) < 4.78 is 1.74. The van der Waals surface area contributed by atoms with Gasteiger partial charge in [-0.25, -0.2) is 4.68 Å². The number of pyridine rings is 1. The van der Waals surface area contributed by atoms with Crippen LogP contribution in [0.5, 0.6) is 0 Å². The largest absolute Gasteiger partial charge is 0.337 e. The van der Waals surface area contributed by atoms with Crippen LogP contribution < -0.4 is 5.32 Å². The van der Waals surface area contributed by atoms with E-state index in [2.05, 4.69) is 20.6 Å². The molecule has 7 nitrogen and oxygen atoms in total.